The first-order valence-electron chi connectivity index (χ1n) is 8.51. The van der Waals surface area contributed by atoms with Crippen molar-refractivity contribution in [3.8, 4) is 17.1 Å². The van der Waals surface area contributed by atoms with E-state index in [-0.39, 0.29) is 5.91 Å². The van der Waals surface area contributed by atoms with Gasteiger partial charge in [-0.2, -0.15) is 5.10 Å². The van der Waals surface area contributed by atoms with Crippen molar-refractivity contribution in [3.05, 3.63) is 58.3 Å². The minimum Gasteiger partial charge on any atom is -0.349 e. The van der Waals surface area contributed by atoms with Gasteiger partial charge >= 0.3 is 0 Å². The number of benzene rings is 1. The second-order valence-electron chi connectivity index (χ2n) is 6.43. The van der Waals surface area contributed by atoms with E-state index in [1.165, 1.54) is 0 Å². The molecule has 26 heavy (non-hydrogen) atoms. The van der Waals surface area contributed by atoms with Gasteiger partial charge in [-0.3, -0.25) is 4.79 Å². The Hall–Kier alpha value is -2.24. The molecule has 0 spiro atoms. The minimum absolute atomic E-state index is 0.0125. The fourth-order valence-electron chi connectivity index (χ4n) is 3.28. The molecule has 2 aromatic heterocycles. The van der Waals surface area contributed by atoms with E-state index in [9.17, 15) is 4.79 Å². The van der Waals surface area contributed by atoms with Crippen LogP contribution < -0.4 is 0 Å². The van der Waals surface area contributed by atoms with Crippen LogP contribution in [0.2, 0.25) is 10.0 Å². The van der Waals surface area contributed by atoms with E-state index in [1.807, 2.05) is 47.0 Å². The lowest BCUT2D eigenvalue weighted by atomic mass is 10.2. The highest BCUT2D eigenvalue weighted by atomic mass is 35.5. The second-order valence-corrected chi connectivity index (χ2v) is 7.24. The van der Waals surface area contributed by atoms with E-state index in [0.717, 1.165) is 37.3 Å². The highest BCUT2D eigenvalue weighted by molar-refractivity contribution is 6.42. The van der Waals surface area contributed by atoms with E-state index in [0.29, 0.717) is 21.4 Å². The van der Waals surface area contributed by atoms with Crippen molar-refractivity contribution in [2.75, 3.05) is 13.1 Å². The largest absolute Gasteiger partial charge is 0.349 e. The molecule has 7 heteroatoms. The van der Waals surface area contributed by atoms with Crippen molar-refractivity contribution in [2.45, 2.75) is 12.8 Å². The van der Waals surface area contributed by atoms with E-state index in [1.54, 1.807) is 16.8 Å². The number of nitrogens with zero attached hydrogens (tertiary/aromatic N) is 4. The molecule has 0 aliphatic carbocycles. The van der Waals surface area contributed by atoms with Gasteiger partial charge in [0.25, 0.3) is 5.91 Å². The normalized spacial score (nSPS) is 14.2. The van der Waals surface area contributed by atoms with E-state index < -0.39 is 0 Å². The van der Waals surface area contributed by atoms with Crippen LogP contribution >= 0.6 is 23.2 Å². The predicted molar refractivity (Wildman–Crippen MR) is 103 cm³/mol. The summed E-state index contributed by atoms with van der Waals surface area (Å²) in [5.74, 6) is -0.0125. The molecule has 1 aliphatic rings. The van der Waals surface area contributed by atoms with Crippen LogP contribution in [0.25, 0.3) is 17.1 Å². The number of amides is 1. The third-order valence-electron chi connectivity index (χ3n) is 4.68. The molecular formula is C19H18Cl2N4O. The molecule has 0 saturated carbocycles. The van der Waals surface area contributed by atoms with Gasteiger partial charge in [-0.1, -0.05) is 23.2 Å². The van der Waals surface area contributed by atoms with Crippen molar-refractivity contribution < 1.29 is 4.79 Å². The molecule has 1 fully saturated rings. The fourth-order valence-corrected chi connectivity index (χ4v) is 3.57. The van der Waals surface area contributed by atoms with Crippen molar-refractivity contribution >= 4 is 29.1 Å². The molecule has 5 nitrogen and oxygen atoms in total. The molecule has 1 saturated heterocycles. The van der Waals surface area contributed by atoms with Crippen LogP contribution in [-0.2, 0) is 7.05 Å². The summed E-state index contributed by atoms with van der Waals surface area (Å²) in [4.78, 5) is 14.9. The van der Waals surface area contributed by atoms with Crippen molar-refractivity contribution in [1.82, 2.24) is 19.2 Å². The van der Waals surface area contributed by atoms with Gasteiger partial charge in [0.2, 0.25) is 0 Å². The summed E-state index contributed by atoms with van der Waals surface area (Å²) in [6.45, 7) is 1.57. The molecule has 134 valence electrons. The molecule has 0 radical (unpaired) electrons. The number of hydrogen-bond acceptors (Lipinski definition) is 2. The molecule has 0 bridgehead atoms. The first kappa shape index (κ1) is 17.2. The summed E-state index contributed by atoms with van der Waals surface area (Å²) in [5.41, 5.74) is 2.93. The van der Waals surface area contributed by atoms with Gasteiger partial charge in [0.1, 0.15) is 11.4 Å². The molecule has 1 amide bonds. The minimum atomic E-state index is -0.0125. The number of carbonyl (C=O) groups is 1. The molecule has 1 aromatic carbocycles. The topological polar surface area (TPSA) is 43.1 Å². The molecule has 3 aromatic rings. The first-order chi connectivity index (χ1) is 12.5. The average molecular weight is 389 g/mol. The second kappa shape index (κ2) is 6.82. The molecule has 3 heterocycles. The molecule has 0 atom stereocenters. The summed E-state index contributed by atoms with van der Waals surface area (Å²) < 4.78 is 3.64. The molecule has 1 aliphatic heterocycles. The smallest absolute Gasteiger partial charge is 0.272 e. The zero-order valence-corrected chi connectivity index (χ0v) is 15.8. The number of halogens is 2. The van der Waals surface area contributed by atoms with Crippen molar-refractivity contribution in [1.29, 1.82) is 0 Å². The van der Waals surface area contributed by atoms with Gasteiger partial charge in [-0.15, -0.1) is 0 Å². The number of carbonyl (C=O) groups excluding carboxylic acids is 1. The van der Waals surface area contributed by atoms with Gasteiger partial charge in [-0.25, -0.2) is 4.68 Å². The lowest BCUT2D eigenvalue weighted by Gasteiger charge is -2.16. The van der Waals surface area contributed by atoms with Crippen LogP contribution in [0.5, 0.6) is 0 Å². The van der Waals surface area contributed by atoms with Crippen LogP contribution in [0.3, 0.4) is 0 Å². The third kappa shape index (κ3) is 3.02. The van der Waals surface area contributed by atoms with Crippen molar-refractivity contribution in [2.24, 2.45) is 7.05 Å². The monoisotopic (exact) mass is 388 g/mol. The van der Waals surface area contributed by atoms with Gasteiger partial charge < -0.3 is 9.47 Å². The Morgan fingerprint density at radius 1 is 1.08 bits per heavy atom. The Morgan fingerprint density at radius 2 is 1.85 bits per heavy atom. The standard InChI is InChI=1S/C19H18Cl2N4O/c1-23-8-4-5-17(23)16-12-18(19(26)24-9-2-3-10-24)25(22-16)13-6-7-14(20)15(21)11-13/h4-8,11-12H,2-3,9-10H2,1H3. The van der Waals surface area contributed by atoms with E-state index in [2.05, 4.69) is 0 Å². The summed E-state index contributed by atoms with van der Waals surface area (Å²) in [6, 6.07) is 11.0. The number of likely N-dealkylation sites (tertiary alicyclic amines) is 1. The van der Waals surface area contributed by atoms with Crippen LogP contribution in [-0.4, -0.2) is 38.2 Å². The maximum absolute atomic E-state index is 13.1. The van der Waals surface area contributed by atoms with Gasteiger partial charge in [0, 0.05) is 26.3 Å². The van der Waals surface area contributed by atoms with Crippen LogP contribution in [0.1, 0.15) is 23.3 Å². The lowest BCUT2D eigenvalue weighted by molar-refractivity contribution is 0.0784. The van der Waals surface area contributed by atoms with Gasteiger partial charge in [0.05, 0.1) is 21.4 Å². The van der Waals surface area contributed by atoms with Gasteiger partial charge in [0.15, 0.2) is 0 Å². The zero-order chi connectivity index (χ0) is 18.3. The maximum atomic E-state index is 13.1. The molecule has 0 N–H and O–H groups in total. The maximum Gasteiger partial charge on any atom is 0.272 e. The summed E-state index contributed by atoms with van der Waals surface area (Å²) in [6.07, 6.45) is 4.03. The summed E-state index contributed by atoms with van der Waals surface area (Å²) in [7, 11) is 1.95. The quantitative estimate of drug-likeness (QED) is 0.666. The number of rotatable bonds is 3. The first-order valence-corrected chi connectivity index (χ1v) is 9.26. The van der Waals surface area contributed by atoms with E-state index >= 15 is 0 Å². The number of hydrogen-bond donors (Lipinski definition) is 0. The Labute approximate surface area is 161 Å². The Balaban J connectivity index is 1.84. The van der Waals surface area contributed by atoms with E-state index in [4.69, 9.17) is 28.3 Å². The van der Waals surface area contributed by atoms with Gasteiger partial charge in [-0.05, 0) is 49.2 Å². The highest BCUT2D eigenvalue weighted by Crippen LogP contribution is 2.28. The van der Waals surface area contributed by atoms with Crippen LogP contribution in [0.4, 0.5) is 0 Å². The summed E-state index contributed by atoms with van der Waals surface area (Å²) >= 11 is 12.2. The Bertz CT molecular complexity index is 970. The lowest BCUT2D eigenvalue weighted by Crippen LogP contribution is -2.29. The molecule has 0 unspecified atom stereocenters. The van der Waals surface area contributed by atoms with Crippen LogP contribution in [0, 0.1) is 0 Å². The molecule has 4 rings (SSSR count). The zero-order valence-electron chi connectivity index (χ0n) is 14.3. The highest BCUT2D eigenvalue weighted by Gasteiger charge is 2.25. The number of aromatic nitrogens is 3. The SMILES string of the molecule is Cn1cccc1-c1cc(C(=O)N2CCCC2)n(-c2ccc(Cl)c(Cl)c2)n1. The summed E-state index contributed by atoms with van der Waals surface area (Å²) in [5, 5.41) is 5.59. The molecular weight excluding hydrogens is 371 g/mol. The Morgan fingerprint density at radius 3 is 2.50 bits per heavy atom. The predicted octanol–water partition coefficient (Wildman–Crippen LogP) is 4.42. The number of aryl methyl sites for hydroxylation is 1. The third-order valence-corrected chi connectivity index (χ3v) is 5.41. The van der Waals surface area contributed by atoms with Crippen molar-refractivity contribution in [3.63, 3.8) is 0 Å². The van der Waals surface area contributed by atoms with Crippen LogP contribution in [0.15, 0.2) is 42.6 Å². The average Bonchev–Trinajstić information content (AvgIpc) is 3.36. The Kier molecular flexibility index (Phi) is 4.51. The fraction of sp³-hybridized carbons (Fsp3) is 0.263.